The SMILES string of the molecule is CCOC(=O)CSC1=C(C#N)[C@H](c2ccc(OCC)c(Cl)c2)[C@@H](C(=O)OC)C(=O)N1. The number of carbonyl (C=O) groups is 3. The number of hydrogen-bond donors (Lipinski definition) is 1. The molecule has 10 heteroatoms. The minimum atomic E-state index is -1.29. The number of nitriles is 1. The third kappa shape index (κ3) is 5.26. The van der Waals surface area contributed by atoms with Crippen LogP contribution in [-0.2, 0) is 23.9 Å². The van der Waals surface area contributed by atoms with Crippen molar-refractivity contribution in [2.24, 2.45) is 5.92 Å². The summed E-state index contributed by atoms with van der Waals surface area (Å²) in [5, 5.41) is 12.8. The number of allylic oxidation sites excluding steroid dienone is 1. The molecule has 1 N–H and O–H groups in total. The van der Waals surface area contributed by atoms with Crippen LogP contribution in [0.1, 0.15) is 25.3 Å². The molecule has 1 heterocycles. The predicted octanol–water partition coefficient (Wildman–Crippen LogP) is 2.77. The van der Waals surface area contributed by atoms with E-state index in [2.05, 4.69) is 11.4 Å². The smallest absolute Gasteiger partial charge is 0.319 e. The van der Waals surface area contributed by atoms with Gasteiger partial charge in [-0.25, -0.2) is 0 Å². The number of halogens is 1. The summed E-state index contributed by atoms with van der Waals surface area (Å²) in [5.74, 6) is -3.80. The summed E-state index contributed by atoms with van der Waals surface area (Å²) in [7, 11) is 1.17. The molecular weight excluding hydrogens is 432 g/mol. The maximum atomic E-state index is 12.7. The van der Waals surface area contributed by atoms with Crippen LogP contribution in [0.4, 0.5) is 0 Å². The molecule has 0 spiro atoms. The minimum Gasteiger partial charge on any atom is -0.492 e. The number of benzene rings is 1. The van der Waals surface area contributed by atoms with Crippen molar-refractivity contribution >= 4 is 41.2 Å². The van der Waals surface area contributed by atoms with E-state index in [0.717, 1.165) is 11.8 Å². The molecule has 0 bridgehead atoms. The molecule has 0 saturated carbocycles. The van der Waals surface area contributed by atoms with Crippen molar-refractivity contribution in [2.45, 2.75) is 19.8 Å². The van der Waals surface area contributed by atoms with Crippen molar-refractivity contribution < 1.29 is 28.6 Å². The Morgan fingerprint density at radius 3 is 2.60 bits per heavy atom. The molecule has 1 aliphatic heterocycles. The highest BCUT2D eigenvalue weighted by molar-refractivity contribution is 8.03. The van der Waals surface area contributed by atoms with Crippen LogP contribution in [-0.4, -0.2) is 43.9 Å². The van der Waals surface area contributed by atoms with Crippen molar-refractivity contribution in [1.29, 1.82) is 5.26 Å². The van der Waals surface area contributed by atoms with Crippen LogP contribution in [0.5, 0.6) is 5.75 Å². The van der Waals surface area contributed by atoms with Crippen molar-refractivity contribution in [3.05, 3.63) is 39.4 Å². The molecule has 0 saturated heterocycles. The van der Waals surface area contributed by atoms with Crippen molar-refractivity contribution in [3.8, 4) is 11.8 Å². The lowest BCUT2D eigenvalue weighted by atomic mass is 9.78. The highest BCUT2D eigenvalue weighted by atomic mass is 35.5. The molecule has 160 valence electrons. The second kappa shape index (κ2) is 10.9. The van der Waals surface area contributed by atoms with Gasteiger partial charge in [0.25, 0.3) is 0 Å². The van der Waals surface area contributed by atoms with E-state index in [1.165, 1.54) is 7.11 Å². The number of amides is 1. The Hall–Kier alpha value is -2.70. The van der Waals surface area contributed by atoms with Gasteiger partial charge in [0.2, 0.25) is 5.91 Å². The number of methoxy groups -OCH3 is 1. The average Bonchev–Trinajstić information content (AvgIpc) is 2.73. The number of ether oxygens (including phenoxy) is 3. The Kier molecular flexibility index (Phi) is 8.57. The number of carbonyl (C=O) groups excluding carboxylic acids is 3. The average molecular weight is 453 g/mol. The van der Waals surface area contributed by atoms with Gasteiger partial charge in [0, 0.05) is 5.92 Å². The second-order valence-corrected chi connectivity index (χ2v) is 7.43. The van der Waals surface area contributed by atoms with Gasteiger partial charge in [0.1, 0.15) is 11.7 Å². The maximum absolute atomic E-state index is 12.7. The first-order chi connectivity index (χ1) is 14.4. The van der Waals surface area contributed by atoms with Crippen LogP contribution in [0, 0.1) is 17.2 Å². The Labute approximate surface area is 183 Å². The minimum absolute atomic E-state index is 0.103. The largest absolute Gasteiger partial charge is 0.492 e. The fraction of sp³-hybridized carbons (Fsp3) is 0.400. The first-order valence-electron chi connectivity index (χ1n) is 9.11. The second-order valence-electron chi connectivity index (χ2n) is 6.04. The van der Waals surface area contributed by atoms with Gasteiger partial charge in [-0.2, -0.15) is 5.26 Å². The highest BCUT2D eigenvalue weighted by Crippen LogP contribution is 2.42. The number of rotatable bonds is 8. The highest BCUT2D eigenvalue weighted by Gasteiger charge is 2.44. The van der Waals surface area contributed by atoms with Crippen LogP contribution in [0.3, 0.4) is 0 Å². The van der Waals surface area contributed by atoms with E-state index in [1.807, 2.05) is 6.92 Å². The number of hydrogen-bond acceptors (Lipinski definition) is 8. The van der Waals surface area contributed by atoms with Crippen molar-refractivity contribution in [1.82, 2.24) is 5.32 Å². The van der Waals surface area contributed by atoms with Crippen molar-refractivity contribution in [2.75, 3.05) is 26.1 Å². The van der Waals surface area contributed by atoms with Gasteiger partial charge in [-0.15, -0.1) is 0 Å². The Bertz CT molecular complexity index is 911. The lowest BCUT2D eigenvalue weighted by molar-refractivity contribution is -0.150. The molecule has 0 unspecified atom stereocenters. The van der Waals surface area contributed by atoms with E-state index in [1.54, 1.807) is 25.1 Å². The molecule has 0 radical (unpaired) electrons. The molecule has 1 amide bonds. The van der Waals surface area contributed by atoms with Crippen LogP contribution in [0.25, 0.3) is 0 Å². The zero-order valence-corrected chi connectivity index (χ0v) is 18.3. The molecular formula is C20H21ClN2O6S. The van der Waals surface area contributed by atoms with Gasteiger partial charge in [-0.05, 0) is 31.5 Å². The van der Waals surface area contributed by atoms with E-state index < -0.39 is 29.7 Å². The molecule has 0 aliphatic carbocycles. The summed E-state index contributed by atoms with van der Waals surface area (Å²) in [4.78, 5) is 36.8. The van der Waals surface area contributed by atoms with Gasteiger partial charge in [0.15, 0.2) is 0 Å². The number of thioether (sulfide) groups is 1. The van der Waals surface area contributed by atoms with Gasteiger partial charge < -0.3 is 19.5 Å². The van der Waals surface area contributed by atoms with Crippen LogP contribution >= 0.6 is 23.4 Å². The summed E-state index contributed by atoms with van der Waals surface area (Å²) in [6.07, 6.45) is 0. The number of esters is 2. The lowest BCUT2D eigenvalue weighted by Crippen LogP contribution is -2.44. The summed E-state index contributed by atoms with van der Waals surface area (Å²) >= 11 is 7.24. The van der Waals surface area contributed by atoms with Gasteiger partial charge in [0.05, 0.1) is 47.8 Å². The summed E-state index contributed by atoms with van der Waals surface area (Å²) in [5.41, 5.74) is 0.596. The normalized spacial score (nSPS) is 18.3. The van der Waals surface area contributed by atoms with E-state index >= 15 is 0 Å². The first kappa shape index (κ1) is 23.6. The molecule has 2 rings (SSSR count). The monoisotopic (exact) mass is 452 g/mol. The molecule has 1 aromatic carbocycles. The number of nitrogens with one attached hydrogen (secondary N) is 1. The predicted molar refractivity (Wildman–Crippen MR) is 111 cm³/mol. The maximum Gasteiger partial charge on any atom is 0.319 e. The summed E-state index contributed by atoms with van der Waals surface area (Å²) < 4.78 is 15.1. The summed E-state index contributed by atoms with van der Waals surface area (Å²) in [6, 6.07) is 6.86. The fourth-order valence-corrected chi connectivity index (χ4v) is 4.09. The molecule has 0 fully saturated rings. The fourth-order valence-electron chi connectivity index (χ4n) is 3.00. The molecule has 1 aromatic rings. The van der Waals surface area contributed by atoms with E-state index in [4.69, 9.17) is 25.8 Å². The summed E-state index contributed by atoms with van der Waals surface area (Å²) in [6.45, 7) is 4.12. The van der Waals surface area contributed by atoms with Gasteiger partial charge in [-0.3, -0.25) is 14.4 Å². The lowest BCUT2D eigenvalue weighted by Gasteiger charge is -2.31. The third-order valence-corrected chi connectivity index (χ3v) is 5.52. The molecule has 1 aliphatic rings. The standard InChI is InChI=1S/C20H21ClN2O6S/c1-4-28-14-7-6-11(8-13(14)21)16-12(9-22)19(30-10-15(24)29-5-2)23-18(25)17(16)20(26)27-3/h6-8,16-17H,4-5,10H2,1-3H3,(H,23,25)/t16-,17+/m0/s1. The topological polar surface area (TPSA) is 115 Å². The molecule has 0 aromatic heterocycles. The number of nitrogens with zero attached hydrogens (tertiary/aromatic N) is 1. The molecule has 2 atom stereocenters. The van der Waals surface area contributed by atoms with E-state index in [0.29, 0.717) is 17.9 Å². The van der Waals surface area contributed by atoms with Crippen LogP contribution in [0.15, 0.2) is 28.8 Å². The molecule has 8 nitrogen and oxygen atoms in total. The van der Waals surface area contributed by atoms with Crippen molar-refractivity contribution in [3.63, 3.8) is 0 Å². The zero-order valence-electron chi connectivity index (χ0n) is 16.7. The van der Waals surface area contributed by atoms with Gasteiger partial charge >= 0.3 is 11.9 Å². The van der Waals surface area contributed by atoms with E-state index in [-0.39, 0.29) is 28.0 Å². The quantitative estimate of drug-likeness (QED) is 0.473. The Balaban J connectivity index is 2.53. The Morgan fingerprint density at radius 1 is 1.30 bits per heavy atom. The van der Waals surface area contributed by atoms with E-state index in [9.17, 15) is 19.6 Å². The first-order valence-corrected chi connectivity index (χ1v) is 10.5. The Morgan fingerprint density at radius 2 is 2.03 bits per heavy atom. The van der Waals surface area contributed by atoms with Crippen LogP contribution < -0.4 is 10.1 Å². The molecule has 30 heavy (non-hydrogen) atoms. The van der Waals surface area contributed by atoms with Crippen LogP contribution in [0.2, 0.25) is 5.02 Å². The third-order valence-electron chi connectivity index (χ3n) is 4.24. The zero-order chi connectivity index (χ0) is 22.3. The van der Waals surface area contributed by atoms with Gasteiger partial charge in [-0.1, -0.05) is 29.4 Å².